The third-order valence-corrected chi connectivity index (χ3v) is 6.31. The number of fused-ring (bicyclic) bond motifs is 1. The van der Waals surface area contributed by atoms with Crippen LogP contribution in [0.25, 0.3) is 33.2 Å². The number of aryl methyl sites for hydroxylation is 2. The lowest BCUT2D eigenvalue weighted by Gasteiger charge is -2.15. The highest BCUT2D eigenvalue weighted by atomic mass is 16.5. The van der Waals surface area contributed by atoms with Crippen molar-refractivity contribution in [3.05, 3.63) is 95.8 Å². The lowest BCUT2D eigenvalue weighted by Crippen LogP contribution is -2.07. The van der Waals surface area contributed by atoms with Crippen molar-refractivity contribution in [3.8, 4) is 22.3 Å². The largest absolute Gasteiger partial charge is 0.481 e. The molecule has 0 radical (unpaired) electrons. The summed E-state index contributed by atoms with van der Waals surface area (Å²) in [5, 5.41) is 14.3. The van der Waals surface area contributed by atoms with E-state index in [2.05, 4.69) is 46.0 Å². The monoisotopic (exact) mass is 451 g/mol. The summed E-state index contributed by atoms with van der Waals surface area (Å²) in [6, 6.07) is 20.1. The van der Waals surface area contributed by atoms with Crippen LogP contribution >= 0.6 is 0 Å². The number of rotatable bonds is 6. The molecule has 1 atom stereocenters. The zero-order valence-electron chi connectivity index (χ0n) is 19.3. The molecule has 3 heterocycles. The zero-order valence-corrected chi connectivity index (χ0v) is 19.3. The van der Waals surface area contributed by atoms with Crippen LogP contribution in [0.5, 0.6) is 0 Å². The predicted molar refractivity (Wildman–Crippen MR) is 132 cm³/mol. The normalized spacial score (nSPS) is 12.2. The van der Waals surface area contributed by atoms with Crippen LogP contribution in [0.4, 0.5) is 0 Å². The molecule has 5 rings (SSSR count). The Morgan fingerprint density at radius 3 is 2.47 bits per heavy atom. The molecule has 0 saturated carbocycles. The van der Waals surface area contributed by atoms with Crippen LogP contribution in [0.15, 0.2) is 77.6 Å². The minimum Gasteiger partial charge on any atom is -0.481 e. The average molecular weight is 452 g/mol. The van der Waals surface area contributed by atoms with Crippen LogP contribution in [0, 0.1) is 13.8 Å². The molecular formula is C28H25N3O3. The molecule has 34 heavy (non-hydrogen) atoms. The molecule has 6 heteroatoms. The van der Waals surface area contributed by atoms with Gasteiger partial charge in [-0.3, -0.25) is 9.78 Å². The van der Waals surface area contributed by atoms with Gasteiger partial charge in [0.2, 0.25) is 0 Å². The van der Waals surface area contributed by atoms with E-state index >= 15 is 0 Å². The molecular weight excluding hydrogens is 426 g/mol. The minimum absolute atomic E-state index is 0.0134. The first-order chi connectivity index (χ1) is 16.4. The summed E-state index contributed by atoms with van der Waals surface area (Å²) in [4.78, 5) is 15.7. The van der Waals surface area contributed by atoms with Gasteiger partial charge in [0.15, 0.2) is 0 Å². The Bertz CT molecular complexity index is 1460. The summed E-state index contributed by atoms with van der Waals surface area (Å²) in [5.41, 5.74) is 7.90. The minimum atomic E-state index is -0.833. The van der Waals surface area contributed by atoms with E-state index in [0.29, 0.717) is 0 Å². The number of aromatic nitrogens is 3. The number of nitrogens with zero attached hydrogens (tertiary/aromatic N) is 3. The van der Waals surface area contributed by atoms with Crippen molar-refractivity contribution in [1.29, 1.82) is 0 Å². The fourth-order valence-electron chi connectivity index (χ4n) is 4.59. The van der Waals surface area contributed by atoms with Gasteiger partial charge in [0.25, 0.3) is 0 Å². The van der Waals surface area contributed by atoms with E-state index in [1.165, 1.54) is 0 Å². The summed E-state index contributed by atoms with van der Waals surface area (Å²) >= 11 is 0. The Balaban J connectivity index is 1.68. The van der Waals surface area contributed by atoms with Crippen molar-refractivity contribution in [2.45, 2.75) is 33.2 Å². The van der Waals surface area contributed by atoms with E-state index in [9.17, 15) is 4.79 Å². The number of benzene rings is 2. The quantitative estimate of drug-likeness (QED) is 0.332. The third kappa shape index (κ3) is 3.88. The Morgan fingerprint density at radius 2 is 1.82 bits per heavy atom. The molecule has 0 bridgehead atoms. The lowest BCUT2D eigenvalue weighted by atomic mass is 9.99. The summed E-state index contributed by atoms with van der Waals surface area (Å²) in [5.74, 6) is -0.0395. The molecule has 0 saturated heterocycles. The zero-order chi connectivity index (χ0) is 23.8. The molecule has 0 aliphatic carbocycles. The molecule has 0 aliphatic heterocycles. The van der Waals surface area contributed by atoms with Gasteiger partial charge in [0, 0.05) is 34.4 Å². The highest BCUT2D eigenvalue weighted by Crippen LogP contribution is 2.37. The maximum Gasteiger partial charge on any atom is 0.307 e. The standard InChI is InChI=1S/C28H25N3O3/c1-17-28(19(3)34-30-17)22-11-12-23-24(21-9-7-20(8-10-21)14-27(32)33)16-31(26(23)15-22)18(2)25-6-4-5-13-29-25/h4-13,15-16,18H,14H2,1-3H3,(H,32,33)/t18-/m0/s1. The van der Waals surface area contributed by atoms with E-state index in [4.69, 9.17) is 9.63 Å². The number of carbonyl (C=O) groups is 1. The summed E-state index contributed by atoms with van der Waals surface area (Å²) in [6.07, 6.45) is 3.99. The van der Waals surface area contributed by atoms with E-state index in [1.54, 1.807) is 0 Å². The van der Waals surface area contributed by atoms with Gasteiger partial charge in [-0.25, -0.2) is 0 Å². The van der Waals surface area contributed by atoms with E-state index in [-0.39, 0.29) is 12.5 Å². The van der Waals surface area contributed by atoms with E-state index < -0.39 is 5.97 Å². The molecule has 2 aromatic carbocycles. The van der Waals surface area contributed by atoms with Gasteiger partial charge in [0.05, 0.1) is 23.9 Å². The molecule has 0 aliphatic rings. The molecule has 5 aromatic rings. The number of hydrogen-bond donors (Lipinski definition) is 1. The second kappa shape index (κ2) is 8.63. The lowest BCUT2D eigenvalue weighted by molar-refractivity contribution is -0.136. The van der Waals surface area contributed by atoms with E-state index in [0.717, 1.165) is 55.9 Å². The second-order valence-corrected chi connectivity index (χ2v) is 8.58. The first-order valence-corrected chi connectivity index (χ1v) is 11.2. The molecule has 170 valence electrons. The van der Waals surface area contributed by atoms with Gasteiger partial charge in [-0.05, 0) is 55.7 Å². The Kier molecular flexibility index (Phi) is 5.49. The van der Waals surface area contributed by atoms with Gasteiger partial charge < -0.3 is 14.2 Å². The highest BCUT2D eigenvalue weighted by Gasteiger charge is 2.19. The molecule has 1 N–H and O–H groups in total. The molecule has 3 aromatic heterocycles. The first-order valence-electron chi connectivity index (χ1n) is 11.2. The molecule has 0 amide bonds. The van der Waals surface area contributed by atoms with Gasteiger partial charge in [0.1, 0.15) is 5.76 Å². The summed E-state index contributed by atoms with van der Waals surface area (Å²) in [7, 11) is 0. The van der Waals surface area contributed by atoms with Crippen molar-refractivity contribution < 1.29 is 14.4 Å². The fourth-order valence-corrected chi connectivity index (χ4v) is 4.59. The molecule has 0 unspecified atom stereocenters. The Morgan fingerprint density at radius 1 is 1.06 bits per heavy atom. The van der Waals surface area contributed by atoms with Crippen LogP contribution in [0.1, 0.15) is 35.7 Å². The predicted octanol–water partition coefficient (Wildman–Crippen LogP) is 6.21. The van der Waals surface area contributed by atoms with Crippen LogP contribution in [0.3, 0.4) is 0 Å². The smallest absolute Gasteiger partial charge is 0.307 e. The van der Waals surface area contributed by atoms with Gasteiger partial charge in [-0.1, -0.05) is 47.6 Å². The van der Waals surface area contributed by atoms with Crippen molar-refractivity contribution >= 4 is 16.9 Å². The topological polar surface area (TPSA) is 81.1 Å². The highest BCUT2D eigenvalue weighted by molar-refractivity contribution is 5.98. The Hall–Kier alpha value is -4.19. The van der Waals surface area contributed by atoms with Gasteiger partial charge in [-0.2, -0.15) is 0 Å². The maximum atomic E-state index is 11.1. The van der Waals surface area contributed by atoms with Crippen molar-refractivity contribution in [2.75, 3.05) is 0 Å². The molecule has 0 spiro atoms. The van der Waals surface area contributed by atoms with E-state index in [1.807, 2.05) is 62.5 Å². The number of carboxylic acid groups (broad SMARTS) is 1. The Labute approximate surface area is 197 Å². The van der Waals surface area contributed by atoms with Gasteiger partial charge in [-0.15, -0.1) is 0 Å². The average Bonchev–Trinajstić information content (AvgIpc) is 3.38. The number of carboxylic acids is 1. The van der Waals surface area contributed by atoms with Crippen LogP contribution in [-0.2, 0) is 11.2 Å². The molecule has 6 nitrogen and oxygen atoms in total. The maximum absolute atomic E-state index is 11.1. The second-order valence-electron chi connectivity index (χ2n) is 8.58. The SMILES string of the molecule is Cc1noc(C)c1-c1ccc2c(-c3ccc(CC(=O)O)cc3)cn([C@@H](C)c3ccccn3)c2c1. The van der Waals surface area contributed by atoms with Crippen molar-refractivity contribution in [1.82, 2.24) is 14.7 Å². The van der Waals surface area contributed by atoms with Crippen LogP contribution in [-0.4, -0.2) is 25.8 Å². The summed E-state index contributed by atoms with van der Waals surface area (Å²) in [6.45, 7) is 6.03. The first kappa shape index (κ1) is 21.6. The molecule has 0 fully saturated rings. The fraction of sp³-hybridized carbons (Fsp3) is 0.179. The van der Waals surface area contributed by atoms with Gasteiger partial charge >= 0.3 is 5.97 Å². The van der Waals surface area contributed by atoms with Crippen LogP contribution < -0.4 is 0 Å². The number of hydrogen-bond acceptors (Lipinski definition) is 4. The summed E-state index contributed by atoms with van der Waals surface area (Å²) < 4.78 is 7.66. The number of pyridine rings is 1. The van der Waals surface area contributed by atoms with Crippen LogP contribution in [0.2, 0.25) is 0 Å². The third-order valence-electron chi connectivity index (χ3n) is 6.31. The number of aliphatic carboxylic acids is 1. The van der Waals surface area contributed by atoms with Crippen molar-refractivity contribution in [3.63, 3.8) is 0 Å². The van der Waals surface area contributed by atoms with Crippen molar-refractivity contribution in [2.24, 2.45) is 0 Å².